The lowest BCUT2D eigenvalue weighted by Crippen LogP contribution is -2.42. The Hall–Kier alpha value is -1.44. The van der Waals surface area contributed by atoms with Gasteiger partial charge in [-0.1, -0.05) is 0 Å². The van der Waals surface area contributed by atoms with E-state index in [1.54, 1.807) is 6.20 Å². The van der Waals surface area contributed by atoms with Crippen LogP contribution in [-0.2, 0) is 16.1 Å². The minimum atomic E-state index is 0.0342. The summed E-state index contributed by atoms with van der Waals surface area (Å²) in [5.41, 5.74) is 1.17. The third-order valence-corrected chi connectivity index (χ3v) is 4.61. The van der Waals surface area contributed by atoms with Gasteiger partial charge in [0.15, 0.2) is 0 Å². The topological polar surface area (TPSA) is 71.4 Å². The molecule has 23 heavy (non-hydrogen) atoms. The lowest BCUT2D eigenvalue weighted by molar-refractivity contribution is -0.122. The summed E-state index contributed by atoms with van der Waals surface area (Å²) in [5, 5.41) is 10.7. The molecule has 7 nitrogen and oxygen atoms in total. The van der Waals surface area contributed by atoms with E-state index in [9.17, 15) is 4.79 Å². The number of morpholine rings is 1. The van der Waals surface area contributed by atoms with Gasteiger partial charge in [-0.3, -0.25) is 14.4 Å². The molecule has 128 valence electrons. The molecule has 0 radical (unpaired) electrons. The van der Waals surface area contributed by atoms with Crippen LogP contribution in [0.15, 0.2) is 12.3 Å². The average Bonchev–Trinajstić information content (AvgIpc) is 3.05. The molecule has 2 fully saturated rings. The number of carbonyl (C=O) groups is 1. The average molecular weight is 321 g/mol. The number of hydrogen-bond donors (Lipinski definition) is 2. The third kappa shape index (κ3) is 4.76. The first kappa shape index (κ1) is 16.4. The van der Waals surface area contributed by atoms with Crippen molar-refractivity contribution in [1.29, 1.82) is 0 Å². The molecule has 1 atom stereocenters. The molecule has 0 aliphatic carbocycles. The fraction of sp³-hybridized carbons (Fsp3) is 0.750. The van der Waals surface area contributed by atoms with E-state index < -0.39 is 0 Å². The highest BCUT2D eigenvalue weighted by molar-refractivity contribution is 5.75. The van der Waals surface area contributed by atoms with Crippen LogP contribution in [0.1, 0.15) is 24.5 Å². The Morgan fingerprint density at radius 1 is 1.43 bits per heavy atom. The van der Waals surface area contributed by atoms with Crippen molar-refractivity contribution < 1.29 is 9.53 Å². The summed E-state index contributed by atoms with van der Waals surface area (Å²) >= 11 is 0. The van der Waals surface area contributed by atoms with Gasteiger partial charge in [-0.05, 0) is 25.5 Å². The van der Waals surface area contributed by atoms with E-state index in [1.807, 2.05) is 10.7 Å². The molecule has 0 spiro atoms. The summed E-state index contributed by atoms with van der Waals surface area (Å²) in [6, 6.07) is 2.04. The van der Waals surface area contributed by atoms with Gasteiger partial charge in [0.1, 0.15) is 6.54 Å². The highest BCUT2D eigenvalue weighted by atomic mass is 16.5. The van der Waals surface area contributed by atoms with Gasteiger partial charge in [-0.25, -0.2) is 0 Å². The van der Waals surface area contributed by atoms with Crippen molar-refractivity contribution in [2.24, 2.45) is 0 Å². The van der Waals surface area contributed by atoms with Gasteiger partial charge in [0, 0.05) is 50.5 Å². The second kappa shape index (κ2) is 8.42. The zero-order valence-electron chi connectivity index (χ0n) is 13.7. The van der Waals surface area contributed by atoms with Gasteiger partial charge in [-0.2, -0.15) is 5.10 Å². The molecule has 3 heterocycles. The van der Waals surface area contributed by atoms with Crippen molar-refractivity contribution in [3.8, 4) is 0 Å². The number of piperidine rings is 1. The van der Waals surface area contributed by atoms with Crippen LogP contribution < -0.4 is 10.6 Å². The summed E-state index contributed by atoms with van der Waals surface area (Å²) in [4.78, 5) is 14.5. The highest BCUT2D eigenvalue weighted by Gasteiger charge is 2.20. The van der Waals surface area contributed by atoms with Crippen molar-refractivity contribution in [1.82, 2.24) is 25.3 Å². The largest absolute Gasteiger partial charge is 0.379 e. The Bertz CT molecular complexity index is 492. The first-order valence-corrected chi connectivity index (χ1v) is 8.62. The Morgan fingerprint density at radius 2 is 2.30 bits per heavy atom. The van der Waals surface area contributed by atoms with Crippen molar-refractivity contribution in [3.63, 3.8) is 0 Å². The van der Waals surface area contributed by atoms with Crippen molar-refractivity contribution in [2.45, 2.75) is 25.3 Å². The summed E-state index contributed by atoms with van der Waals surface area (Å²) in [6.07, 6.45) is 4.14. The van der Waals surface area contributed by atoms with E-state index in [-0.39, 0.29) is 5.91 Å². The molecule has 2 aliphatic rings. The Labute approximate surface area is 137 Å². The van der Waals surface area contributed by atoms with Crippen LogP contribution in [0.3, 0.4) is 0 Å². The molecule has 1 aromatic rings. The fourth-order valence-electron chi connectivity index (χ4n) is 3.30. The molecular weight excluding hydrogens is 294 g/mol. The van der Waals surface area contributed by atoms with Gasteiger partial charge >= 0.3 is 0 Å². The van der Waals surface area contributed by atoms with Gasteiger partial charge in [0.2, 0.25) is 5.91 Å². The monoisotopic (exact) mass is 321 g/mol. The maximum absolute atomic E-state index is 12.2. The molecule has 1 aromatic heterocycles. The standard InChI is InChI=1S/C16H27N5O2/c22-16(18-6-7-20-8-10-23-11-9-20)13-21-15(3-5-19-21)14-2-1-4-17-12-14/h3,5,14,17H,1-2,4,6-13H2,(H,18,22)/t14-/m0/s1. The molecule has 0 unspecified atom stereocenters. The maximum Gasteiger partial charge on any atom is 0.241 e. The lowest BCUT2D eigenvalue weighted by atomic mass is 9.96. The fourth-order valence-corrected chi connectivity index (χ4v) is 3.30. The first-order valence-electron chi connectivity index (χ1n) is 8.62. The second-order valence-corrected chi connectivity index (χ2v) is 6.26. The van der Waals surface area contributed by atoms with E-state index in [4.69, 9.17) is 4.74 Å². The van der Waals surface area contributed by atoms with Gasteiger partial charge < -0.3 is 15.4 Å². The smallest absolute Gasteiger partial charge is 0.241 e. The molecule has 2 aliphatic heterocycles. The number of nitrogens with zero attached hydrogens (tertiary/aromatic N) is 3. The molecule has 2 saturated heterocycles. The first-order chi connectivity index (χ1) is 11.3. The number of rotatable bonds is 6. The number of amides is 1. The van der Waals surface area contributed by atoms with Crippen LogP contribution >= 0.6 is 0 Å². The zero-order chi connectivity index (χ0) is 15.9. The van der Waals surface area contributed by atoms with Gasteiger partial charge in [0.25, 0.3) is 0 Å². The Balaban J connectivity index is 1.43. The molecule has 7 heteroatoms. The second-order valence-electron chi connectivity index (χ2n) is 6.26. The van der Waals surface area contributed by atoms with Crippen LogP contribution in [0.2, 0.25) is 0 Å². The van der Waals surface area contributed by atoms with Crippen LogP contribution in [0.5, 0.6) is 0 Å². The molecule has 2 N–H and O–H groups in total. The van der Waals surface area contributed by atoms with E-state index >= 15 is 0 Å². The summed E-state index contributed by atoms with van der Waals surface area (Å²) in [5.74, 6) is 0.499. The third-order valence-electron chi connectivity index (χ3n) is 4.61. The van der Waals surface area contributed by atoms with Crippen LogP contribution in [-0.4, -0.2) is 73.1 Å². The minimum Gasteiger partial charge on any atom is -0.379 e. The van der Waals surface area contributed by atoms with Crippen LogP contribution in [0, 0.1) is 0 Å². The molecule has 3 rings (SSSR count). The minimum absolute atomic E-state index is 0.0342. The number of nitrogens with one attached hydrogen (secondary N) is 2. The van der Waals surface area contributed by atoms with E-state index in [0.29, 0.717) is 19.0 Å². The molecular formula is C16H27N5O2. The molecule has 0 saturated carbocycles. The number of aromatic nitrogens is 2. The Morgan fingerprint density at radius 3 is 3.09 bits per heavy atom. The SMILES string of the molecule is O=C(Cn1nccc1[C@H]1CCCNC1)NCCN1CCOCC1. The molecule has 0 aromatic carbocycles. The summed E-state index contributed by atoms with van der Waals surface area (Å²) in [6.45, 7) is 7.43. The quantitative estimate of drug-likeness (QED) is 0.759. The van der Waals surface area contributed by atoms with Gasteiger partial charge in [-0.15, -0.1) is 0 Å². The van der Waals surface area contributed by atoms with Crippen molar-refractivity contribution in [2.75, 3.05) is 52.5 Å². The number of hydrogen-bond acceptors (Lipinski definition) is 5. The van der Waals surface area contributed by atoms with Crippen molar-refractivity contribution in [3.05, 3.63) is 18.0 Å². The normalized spacial score (nSPS) is 22.9. The van der Waals surface area contributed by atoms with E-state index in [0.717, 1.165) is 52.4 Å². The maximum atomic E-state index is 12.2. The van der Waals surface area contributed by atoms with Crippen LogP contribution in [0.25, 0.3) is 0 Å². The predicted molar refractivity (Wildman–Crippen MR) is 87.3 cm³/mol. The summed E-state index contributed by atoms with van der Waals surface area (Å²) in [7, 11) is 0. The molecule has 1 amide bonds. The molecule has 0 bridgehead atoms. The van der Waals surface area contributed by atoms with Crippen molar-refractivity contribution >= 4 is 5.91 Å². The zero-order valence-corrected chi connectivity index (χ0v) is 13.7. The summed E-state index contributed by atoms with van der Waals surface area (Å²) < 4.78 is 7.17. The predicted octanol–water partition coefficient (Wildman–Crippen LogP) is -0.201. The Kier molecular flexibility index (Phi) is 6.01. The van der Waals surface area contributed by atoms with E-state index in [1.165, 1.54) is 12.1 Å². The highest BCUT2D eigenvalue weighted by Crippen LogP contribution is 2.22. The number of carbonyl (C=O) groups excluding carboxylic acids is 1. The number of ether oxygens (including phenoxy) is 1. The van der Waals surface area contributed by atoms with E-state index in [2.05, 4.69) is 20.6 Å². The van der Waals surface area contributed by atoms with Crippen LogP contribution in [0.4, 0.5) is 0 Å². The van der Waals surface area contributed by atoms with Gasteiger partial charge in [0.05, 0.1) is 13.2 Å². The lowest BCUT2D eigenvalue weighted by Gasteiger charge is -2.26.